The molecular weight excluding hydrogens is 412 g/mol. The van der Waals surface area contributed by atoms with Gasteiger partial charge in [0.15, 0.2) is 0 Å². The summed E-state index contributed by atoms with van der Waals surface area (Å²) in [5, 5.41) is 4.87. The molecule has 5 aromatic rings. The van der Waals surface area contributed by atoms with Gasteiger partial charge in [-0.15, -0.1) is 0 Å². The minimum atomic E-state index is 0.278. The maximum Gasteiger partial charge on any atom is 0.239 e. The Bertz CT molecular complexity index is 1400. The molecule has 5 rings (SSSR count). The topological polar surface area (TPSA) is 90.9 Å². The Hall–Kier alpha value is -3.84. The number of nitrogens with one attached hydrogen (secondary N) is 1. The fourth-order valence-corrected chi connectivity index (χ4v) is 3.74. The van der Waals surface area contributed by atoms with E-state index < -0.39 is 0 Å². The van der Waals surface area contributed by atoms with Crippen LogP contribution in [0.1, 0.15) is 5.56 Å². The molecule has 3 N–H and O–H groups in total. The number of halogens is 1. The van der Waals surface area contributed by atoms with E-state index in [1.165, 1.54) is 0 Å². The second-order valence-electron chi connectivity index (χ2n) is 7.01. The predicted octanol–water partition coefficient (Wildman–Crippen LogP) is 4.83. The molecule has 0 fully saturated rings. The van der Waals surface area contributed by atoms with Gasteiger partial charge in [0.05, 0.1) is 18.1 Å². The zero-order valence-corrected chi connectivity index (χ0v) is 17.5. The molecule has 0 spiro atoms. The third kappa shape index (κ3) is 3.49. The van der Waals surface area contributed by atoms with Crippen molar-refractivity contribution >= 4 is 45.3 Å². The fraction of sp³-hybridized carbons (Fsp3) is 0.0870. The van der Waals surface area contributed by atoms with Gasteiger partial charge in [-0.2, -0.15) is 4.98 Å². The molecule has 0 unspecified atom stereocenters. The van der Waals surface area contributed by atoms with Crippen molar-refractivity contribution in [3.8, 4) is 11.7 Å². The molecule has 8 heteroatoms. The molecule has 2 aromatic heterocycles. The van der Waals surface area contributed by atoms with Gasteiger partial charge in [-0.05, 0) is 35.9 Å². The highest BCUT2D eigenvalue weighted by Gasteiger charge is 2.17. The van der Waals surface area contributed by atoms with Crippen molar-refractivity contribution in [3.05, 3.63) is 77.3 Å². The SMILES string of the molecule is COc1cccc2c(NCc3ccccc3)nc(-n3c(N)nc4cc(Cl)ccc43)nc12. The lowest BCUT2D eigenvalue weighted by molar-refractivity contribution is 0.419. The lowest BCUT2D eigenvalue weighted by atomic mass is 10.2. The van der Waals surface area contributed by atoms with Crippen molar-refractivity contribution < 1.29 is 4.74 Å². The molecule has 0 saturated heterocycles. The second-order valence-corrected chi connectivity index (χ2v) is 7.44. The quantitative estimate of drug-likeness (QED) is 0.415. The number of benzene rings is 3. The van der Waals surface area contributed by atoms with Crippen molar-refractivity contribution in [2.24, 2.45) is 0 Å². The van der Waals surface area contributed by atoms with Gasteiger partial charge in [0.25, 0.3) is 0 Å². The van der Waals surface area contributed by atoms with E-state index in [2.05, 4.69) is 22.4 Å². The van der Waals surface area contributed by atoms with Crippen LogP contribution in [0, 0.1) is 0 Å². The van der Waals surface area contributed by atoms with Crippen LogP contribution in [0.4, 0.5) is 11.8 Å². The number of anilines is 2. The lowest BCUT2D eigenvalue weighted by Crippen LogP contribution is -2.10. The van der Waals surface area contributed by atoms with Crippen molar-refractivity contribution in [1.29, 1.82) is 0 Å². The van der Waals surface area contributed by atoms with Crippen LogP contribution in [0.25, 0.3) is 27.9 Å². The monoisotopic (exact) mass is 430 g/mol. The van der Waals surface area contributed by atoms with Crippen LogP contribution in [0.15, 0.2) is 66.7 Å². The molecule has 0 atom stereocenters. The normalized spacial score (nSPS) is 11.2. The Morgan fingerprint density at radius 2 is 1.84 bits per heavy atom. The van der Waals surface area contributed by atoms with E-state index in [4.69, 9.17) is 32.0 Å². The molecule has 31 heavy (non-hydrogen) atoms. The molecular formula is C23H19ClN6O. The van der Waals surface area contributed by atoms with E-state index >= 15 is 0 Å². The molecule has 0 aliphatic carbocycles. The third-order valence-electron chi connectivity index (χ3n) is 5.04. The minimum absolute atomic E-state index is 0.278. The van der Waals surface area contributed by atoms with Gasteiger partial charge in [0.1, 0.15) is 17.1 Å². The summed E-state index contributed by atoms with van der Waals surface area (Å²) in [6.45, 7) is 0.610. The average Bonchev–Trinajstić information content (AvgIpc) is 3.12. The van der Waals surface area contributed by atoms with Crippen molar-refractivity contribution in [2.45, 2.75) is 6.54 Å². The van der Waals surface area contributed by atoms with Crippen molar-refractivity contribution in [2.75, 3.05) is 18.2 Å². The van der Waals surface area contributed by atoms with Crippen molar-refractivity contribution in [1.82, 2.24) is 19.5 Å². The Morgan fingerprint density at radius 3 is 2.65 bits per heavy atom. The summed E-state index contributed by atoms with van der Waals surface area (Å²) in [5.74, 6) is 2.00. The summed E-state index contributed by atoms with van der Waals surface area (Å²) in [6.07, 6.45) is 0. The Labute approximate surface area is 183 Å². The van der Waals surface area contributed by atoms with Gasteiger partial charge in [-0.25, -0.2) is 14.5 Å². The molecule has 0 amide bonds. The van der Waals surface area contributed by atoms with E-state index in [1.54, 1.807) is 23.8 Å². The largest absolute Gasteiger partial charge is 0.494 e. The molecule has 2 heterocycles. The lowest BCUT2D eigenvalue weighted by Gasteiger charge is -2.14. The number of hydrogen-bond donors (Lipinski definition) is 2. The number of nitrogen functional groups attached to an aromatic ring is 1. The molecule has 154 valence electrons. The minimum Gasteiger partial charge on any atom is -0.494 e. The van der Waals surface area contributed by atoms with Gasteiger partial charge in [-0.3, -0.25) is 0 Å². The van der Waals surface area contributed by atoms with Crippen LogP contribution in [-0.4, -0.2) is 26.6 Å². The number of nitrogens with two attached hydrogens (primary N) is 1. The second kappa shape index (κ2) is 7.77. The number of hydrogen-bond acceptors (Lipinski definition) is 6. The molecule has 0 radical (unpaired) electrons. The molecule has 0 aliphatic heterocycles. The average molecular weight is 431 g/mol. The zero-order valence-electron chi connectivity index (χ0n) is 16.7. The molecule has 3 aromatic carbocycles. The summed E-state index contributed by atoms with van der Waals surface area (Å²) in [4.78, 5) is 14.0. The number of aromatic nitrogens is 4. The van der Waals surface area contributed by atoms with Gasteiger partial charge < -0.3 is 15.8 Å². The maximum atomic E-state index is 6.24. The highest BCUT2D eigenvalue weighted by molar-refractivity contribution is 6.31. The van der Waals surface area contributed by atoms with Crippen LogP contribution in [0.2, 0.25) is 5.02 Å². The van der Waals surface area contributed by atoms with Gasteiger partial charge >= 0.3 is 0 Å². The van der Waals surface area contributed by atoms with E-state index in [9.17, 15) is 0 Å². The number of methoxy groups -OCH3 is 1. The summed E-state index contributed by atoms with van der Waals surface area (Å²) in [5.41, 5.74) is 9.51. The molecule has 0 bridgehead atoms. The molecule has 0 aliphatic rings. The summed E-state index contributed by atoms with van der Waals surface area (Å²) in [7, 11) is 1.62. The predicted molar refractivity (Wildman–Crippen MR) is 124 cm³/mol. The van der Waals surface area contributed by atoms with Crippen LogP contribution < -0.4 is 15.8 Å². The smallest absolute Gasteiger partial charge is 0.239 e. The fourth-order valence-electron chi connectivity index (χ4n) is 3.58. The van der Waals surface area contributed by atoms with E-state index in [0.29, 0.717) is 40.1 Å². The molecule has 7 nitrogen and oxygen atoms in total. The number of nitrogens with zero attached hydrogens (tertiary/aromatic N) is 4. The standard InChI is InChI=1S/C23H19ClN6O/c1-31-19-9-5-8-16-20(19)28-23(29-21(16)26-13-14-6-3-2-4-7-14)30-18-11-10-15(24)12-17(18)27-22(30)25/h2-12H,13H2,1H3,(H2,25,27)(H,26,28,29). The number of ether oxygens (including phenoxy) is 1. The molecule has 0 saturated carbocycles. The van der Waals surface area contributed by atoms with Gasteiger partial charge in [0, 0.05) is 17.0 Å². The first-order valence-corrected chi connectivity index (χ1v) is 10.1. The summed E-state index contributed by atoms with van der Waals surface area (Å²) in [6, 6.07) is 21.3. The highest BCUT2D eigenvalue weighted by Crippen LogP contribution is 2.31. The summed E-state index contributed by atoms with van der Waals surface area (Å²) >= 11 is 6.12. The first kappa shape index (κ1) is 19.1. The van der Waals surface area contributed by atoms with E-state index in [1.807, 2.05) is 42.5 Å². The van der Waals surface area contributed by atoms with Crippen LogP contribution in [-0.2, 0) is 6.54 Å². The zero-order chi connectivity index (χ0) is 21.4. The van der Waals surface area contributed by atoms with E-state index in [0.717, 1.165) is 16.5 Å². The Balaban J connectivity index is 1.70. The van der Waals surface area contributed by atoms with Gasteiger partial charge in [-0.1, -0.05) is 48.0 Å². The van der Waals surface area contributed by atoms with Crippen LogP contribution in [0.5, 0.6) is 5.75 Å². The maximum absolute atomic E-state index is 6.24. The van der Waals surface area contributed by atoms with E-state index in [-0.39, 0.29) is 5.95 Å². The van der Waals surface area contributed by atoms with Gasteiger partial charge in [0.2, 0.25) is 11.9 Å². The third-order valence-corrected chi connectivity index (χ3v) is 5.28. The number of para-hydroxylation sites is 1. The number of rotatable bonds is 5. The van der Waals surface area contributed by atoms with Crippen LogP contribution in [0.3, 0.4) is 0 Å². The summed E-state index contributed by atoms with van der Waals surface area (Å²) < 4.78 is 7.27. The first-order chi connectivity index (χ1) is 15.1. The van der Waals surface area contributed by atoms with Crippen LogP contribution >= 0.6 is 11.6 Å². The first-order valence-electron chi connectivity index (χ1n) is 9.70. The Morgan fingerprint density at radius 1 is 1.00 bits per heavy atom. The van der Waals surface area contributed by atoms with Crippen molar-refractivity contribution in [3.63, 3.8) is 0 Å². The Kier molecular flexibility index (Phi) is 4.80. The number of imidazole rings is 1. The number of fused-ring (bicyclic) bond motifs is 2. The highest BCUT2D eigenvalue weighted by atomic mass is 35.5.